The van der Waals surface area contributed by atoms with Gasteiger partial charge in [0.05, 0.1) is 13.0 Å². The number of aryl methyl sites for hydroxylation is 1. The maximum absolute atomic E-state index is 13.1. The smallest absolute Gasteiger partial charge is 0.230 e. The van der Waals surface area contributed by atoms with Crippen LogP contribution in [0.1, 0.15) is 37.3 Å². The normalized spacial score (nSPS) is 24.2. The van der Waals surface area contributed by atoms with Crippen LogP contribution in [0.4, 0.5) is 0 Å². The molecule has 4 nitrogen and oxygen atoms in total. The van der Waals surface area contributed by atoms with E-state index >= 15 is 0 Å². The van der Waals surface area contributed by atoms with Crippen molar-refractivity contribution in [1.29, 1.82) is 0 Å². The first-order chi connectivity index (χ1) is 10.4. The van der Waals surface area contributed by atoms with Gasteiger partial charge in [-0.25, -0.2) is 0 Å². The van der Waals surface area contributed by atoms with Gasteiger partial charge in [0.15, 0.2) is 0 Å². The molecule has 0 radical (unpaired) electrons. The van der Waals surface area contributed by atoms with E-state index in [1.807, 2.05) is 17.0 Å². The molecular formula is C18H26N2O2. The van der Waals surface area contributed by atoms with Gasteiger partial charge in [0, 0.05) is 30.7 Å². The summed E-state index contributed by atoms with van der Waals surface area (Å²) in [6, 6.07) is 6.11. The Morgan fingerprint density at radius 1 is 1.32 bits per heavy atom. The highest BCUT2D eigenvalue weighted by molar-refractivity contribution is 5.86. The quantitative estimate of drug-likeness (QED) is 0.840. The molecular weight excluding hydrogens is 276 g/mol. The van der Waals surface area contributed by atoms with Crippen LogP contribution in [0.5, 0.6) is 5.75 Å². The summed E-state index contributed by atoms with van der Waals surface area (Å²) in [6.45, 7) is 6.96. The molecule has 1 fully saturated rings. The Labute approximate surface area is 133 Å². The summed E-state index contributed by atoms with van der Waals surface area (Å²) in [4.78, 5) is 17.5. The topological polar surface area (TPSA) is 32.8 Å². The van der Waals surface area contributed by atoms with Crippen molar-refractivity contribution in [2.45, 2.75) is 38.1 Å². The average molecular weight is 302 g/mol. The van der Waals surface area contributed by atoms with Gasteiger partial charge in [-0.2, -0.15) is 0 Å². The largest absolute Gasteiger partial charge is 0.496 e. The van der Waals surface area contributed by atoms with Crippen LogP contribution in [-0.4, -0.2) is 55.0 Å². The molecule has 0 aromatic heterocycles. The summed E-state index contributed by atoms with van der Waals surface area (Å²) in [5, 5.41) is 0. The maximum Gasteiger partial charge on any atom is 0.230 e. The first-order valence-electron chi connectivity index (χ1n) is 8.10. The second kappa shape index (κ2) is 5.58. The third kappa shape index (κ3) is 2.50. The lowest BCUT2D eigenvalue weighted by Gasteiger charge is -2.46. The van der Waals surface area contributed by atoms with Gasteiger partial charge in [0.25, 0.3) is 0 Å². The van der Waals surface area contributed by atoms with Gasteiger partial charge < -0.3 is 9.64 Å². The highest BCUT2D eigenvalue weighted by atomic mass is 16.5. The highest BCUT2D eigenvalue weighted by Gasteiger charge is 2.39. The number of carbonyl (C=O) groups excluding carboxylic acids is 1. The van der Waals surface area contributed by atoms with Crippen molar-refractivity contribution < 1.29 is 9.53 Å². The lowest BCUT2D eigenvalue weighted by atomic mass is 9.95. The van der Waals surface area contributed by atoms with Crippen LogP contribution in [0, 0.1) is 0 Å². The number of rotatable bonds is 2. The summed E-state index contributed by atoms with van der Waals surface area (Å²) < 4.78 is 5.50. The van der Waals surface area contributed by atoms with Crippen molar-refractivity contribution in [1.82, 2.24) is 9.80 Å². The fourth-order valence-corrected chi connectivity index (χ4v) is 3.72. The number of hydrogen-bond acceptors (Lipinski definition) is 3. The molecule has 4 heteroatoms. The van der Waals surface area contributed by atoms with Crippen LogP contribution >= 0.6 is 0 Å². The van der Waals surface area contributed by atoms with Crippen molar-refractivity contribution in [3.05, 3.63) is 29.3 Å². The number of nitrogens with zero attached hydrogens (tertiary/aromatic N) is 2. The van der Waals surface area contributed by atoms with E-state index in [1.54, 1.807) is 7.11 Å². The van der Waals surface area contributed by atoms with E-state index in [4.69, 9.17) is 4.74 Å². The molecule has 2 aliphatic rings. The summed E-state index contributed by atoms with van der Waals surface area (Å²) in [7, 11) is 3.82. The Balaban J connectivity index is 1.84. The second-order valence-corrected chi connectivity index (χ2v) is 7.12. The number of fused-ring (bicyclic) bond motifs is 1. The number of ether oxygens (including phenoxy) is 1. The first-order valence-corrected chi connectivity index (χ1v) is 8.10. The SMILES string of the molecule is COc1cccc2c1C(C(=O)N1CCN(C)C(C)(C)C1)CC2. The Bertz CT molecular complexity index is 582. The molecule has 1 aliphatic heterocycles. The monoisotopic (exact) mass is 302 g/mol. The van der Waals surface area contributed by atoms with Crippen molar-refractivity contribution in [2.24, 2.45) is 0 Å². The van der Waals surface area contributed by atoms with Gasteiger partial charge in [0.2, 0.25) is 5.91 Å². The highest BCUT2D eigenvalue weighted by Crippen LogP contribution is 2.40. The van der Waals surface area contributed by atoms with Gasteiger partial charge >= 0.3 is 0 Å². The lowest BCUT2D eigenvalue weighted by molar-refractivity contribution is -0.137. The molecule has 120 valence electrons. The molecule has 22 heavy (non-hydrogen) atoms. The molecule has 0 N–H and O–H groups in total. The Morgan fingerprint density at radius 2 is 2.09 bits per heavy atom. The van der Waals surface area contributed by atoms with Crippen molar-refractivity contribution in [3.8, 4) is 5.75 Å². The minimum absolute atomic E-state index is 0.0367. The predicted molar refractivity (Wildman–Crippen MR) is 87.3 cm³/mol. The molecule has 1 unspecified atom stereocenters. The molecule has 1 aromatic carbocycles. The molecule has 1 aromatic rings. The minimum Gasteiger partial charge on any atom is -0.496 e. The summed E-state index contributed by atoms with van der Waals surface area (Å²) in [5.41, 5.74) is 2.42. The molecule has 1 atom stereocenters. The first kappa shape index (κ1) is 15.3. The van der Waals surface area contributed by atoms with Gasteiger partial charge in [0.1, 0.15) is 5.75 Å². The van der Waals surface area contributed by atoms with Crippen molar-refractivity contribution in [3.63, 3.8) is 0 Å². The standard InChI is InChI=1S/C18H26N2O2/c1-18(2)12-20(11-10-19(18)3)17(21)14-9-8-13-6-5-7-15(22-4)16(13)14/h5-7,14H,8-12H2,1-4H3. The third-order valence-corrected chi connectivity index (χ3v) is 5.35. The Hall–Kier alpha value is -1.55. The molecule has 1 aliphatic carbocycles. The van der Waals surface area contributed by atoms with Crippen LogP contribution in [0.3, 0.4) is 0 Å². The molecule has 1 amide bonds. The zero-order valence-electron chi connectivity index (χ0n) is 14.1. The van der Waals surface area contributed by atoms with Crippen LogP contribution < -0.4 is 4.74 Å². The molecule has 0 bridgehead atoms. The minimum atomic E-state index is -0.0367. The number of likely N-dealkylation sites (N-methyl/N-ethyl adjacent to an activating group) is 1. The maximum atomic E-state index is 13.1. The summed E-state index contributed by atoms with van der Waals surface area (Å²) in [6.07, 6.45) is 1.88. The molecule has 1 heterocycles. The van der Waals surface area contributed by atoms with E-state index in [0.29, 0.717) is 0 Å². The number of amides is 1. The third-order valence-electron chi connectivity index (χ3n) is 5.35. The Kier molecular flexibility index (Phi) is 3.89. The van der Waals surface area contributed by atoms with E-state index in [-0.39, 0.29) is 17.4 Å². The van der Waals surface area contributed by atoms with E-state index < -0.39 is 0 Å². The van der Waals surface area contributed by atoms with Gasteiger partial charge in [-0.05, 0) is 45.4 Å². The number of carbonyl (C=O) groups is 1. The van der Waals surface area contributed by atoms with Gasteiger partial charge in [-0.15, -0.1) is 0 Å². The average Bonchev–Trinajstić information content (AvgIpc) is 2.93. The van der Waals surface area contributed by atoms with Crippen LogP contribution in [0.25, 0.3) is 0 Å². The van der Waals surface area contributed by atoms with E-state index in [0.717, 1.165) is 43.8 Å². The Morgan fingerprint density at radius 3 is 2.77 bits per heavy atom. The van der Waals surface area contributed by atoms with Gasteiger partial charge in [-0.1, -0.05) is 12.1 Å². The summed E-state index contributed by atoms with van der Waals surface area (Å²) >= 11 is 0. The molecule has 0 saturated carbocycles. The fraction of sp³-hybridized carbons (Fsp3) is 0.611. The van der Waals surface area contributed by atoms with Crippen LogP contribution in [0.2, 0.25) is 0 Å². The van der Waals surface area contributed by atoms with Crippen LogP contribution in [-0.2, 0) is 11.2 Å². The zero-order chi connectivity index (χ0) is 15.9. The number of piperazine rings is 1. The fourth-order valence-electron chi connectivity index (χ4n) is 3.72. The number of hydrogen-bond donors (Lipinski definition) is 0. The number of benzene rings is 1. The zero-order valence-corrected chi connectivity index (χ0v) is 14.1. The number of methoxy groups -OCH3 is 1. The van der Waals surface area contributed by atoms with Crippen LogP contribution in [0.15, 0.2) is 18.2 Å². The second-order valence-electron chi connectivity index (χ2n) is 7.12. The van der Waals surface area contributed by atoms with Crippen molar-refractivity contribution in [2.75, 3.05) is 33.8 Å². The molecule has 0 spiro atoms. The van der Waals surface area contributed by atoms with Crippen molar-refractivity contribution >= 4 is 5.91 Å². The predicted octanol–water partition coefficient (Wildman–Crippen LogP) is 2.28. The van der Waals surface area contributed by atoms with Gasteiger partial charge in [-0.3, -0.25) is 9.69 Å². The van der Waals surface area contributed by atoms with E-state index in [2.05, 4.69) is 31.9 Å². The molecule has 3 rings (SSSR count). The summed E-state index contributed by atoms with van der Waals surface area (Å²) in [5.74, 6) is 1.09. The molecule has 1 saturated heterocycles. The lowest BCUT2D eigenvalue weighted by Crippen LogP contribution is -2.59. The van der Waals surface area contributed by atoms with E-state index in [1.165, 1.54) is 5.56 Å². The van der Waals surface area contributed by atoms with E-state index in [9.17, 15) is 4.79 Å².